The van der Waals surface area contributed by atoms with Crippen molar-refractivity contribution in [1.82, 2.24) is 9.80 Å². The van der Waals surface area contributed by atoms with E-state index in [1.165, 1.54) is 11.9 Å². The number of hydrogen-bond acceptors (Lipinski definition) is 7. The minimum atomic E-state index is -1.81. The Morgan fingerprint density at radius 2 is 1.53 bits per heavy atom. The summed E-state index contributed by atoms with van der Waals surface area (Å²) in [6, 6.07) is 0. The smallest absolute Gasteiger partial charge is 0.416 e. The van der Waals surface area contributed by atoms with E-state index >= 15 is 0 Å². The van der Waals surface area contributed by atoms with Gasteiger partial charge in [-0.05, 0) is 66.0 Å². The van der Waals surface area contributed by atoms with E-state index in [4.69, 9.17) is 13.9 Å². The highest BCUT2D eigenvalue weighted by Crippen LogP contribution is 2.46. The highest BCUT2D eigenvalue weighted by Gasteiger charge is 2.57. The summed E-state index contributed by atoms with van der Waals surface area (Å²) in [5, 5.41) is 11.4. The molecule has 1 aliphatic rings. The van der Waals surface area contributed by atoms with Crippen LogP contribution in [0.3, 0.4) is 0 Å². The normalized spacial score (nSPS) is 22.5. The molecule has 3 atom stereocenters. The molecule has 0 aromatic rings. The Hall–Kier alpha value is -1.65. The molecule has 1 N–H and O–H groups in total. The lowest BCUT2D eigenvalue weighted by Gasteiger charge is -2.43. The zero-order chi connectivity index (χ0) is 26.9. The van der Waals surface area contributed by atoms with E-state index in [1.807, 2.05) is 13.1 Å². The molecule has 0 saturated carbocycles. The summed E-state index contributed by atoms with van der Waals surface area (Å²) in [6.45, 7) is 20.9. The number of amides is 3. The first kappa shape index (κ1) is 30.4. The Labute approximate surface area is 206 Å². The molecule has 1 rings (SSSR count). The van der Waals surface area contributed by atoms with Gasteiger partial charge in [-0.15, -0.1) is 0 Å². The van der Waals surface area contributed by atoms with Gasteiger partial charge in [0.1, 0.15) is 17.3 Å². The van der Waals surface area contributed by atoms with Gasteiger partial charge in [0.05, 0.1) is 6.42 Å². The number of aliphatic hydroxyl groups excluding tert-OH is 1. The average Bonchev–Trinajstić information content (AvgIpc) is 2.98. The van der Waals surface area contributed by atoms with Crippen LogP contribution in [0.5, 0.6) is 0 Å². The second-order valence-electron chi connectivity index (χ2n) is 12.5. The number of nitrogens with zero attached hydrogens (tertiary/aromatic N) is 2. The van der Waals surface area contributed by atoms with Crippen molar-refractivity contribution >= 4 is 27.1 Å². The molecule has 10 heteroatoms. The van der Waals surface area contributed by atoms with Crippen molar-refractivity contribution in [2.75, 3.05) is 13.6 Å². The number of ether oxygens (including phenoxy) is 2. The fourth-order valence-electron chi connectivity index (χ4n) is 3.84. The van der Waals surface area contributed by atoms with E-state index in [2.05, 4.69) is 20.8 Å². The van der Waals surface area contributed by atoms with Crippen LogP contribution in [0.4, 0.5) is 9.59 Å². The first-order valence-electron chi connectivity index (χ1n) is 11.9. The Morgan fingerprint density at radius 3 is 1.94 bits per heavy atom. The van der Waals surface area contributed by atoms with E-state index in [-0.39, 0.29) is 11.3 Å². The molecule has 0 bridgehead atoms. The SMILES string of the molecule is CN(C(=O)CC(O)[C@@]1(O[SiH](C)C)C[C@H](C(C)(C)C)CN1C(=O)OC(C)(C)C)C(=O)OC(C)(C)C. The zero-order valence-corrected chi connectivity index (χ0v) is 24.3. The first-order chi connectivity index (χ1) is 15.1. The zero-order valence-electron chi connectivity index (χ0n) is 23.1. The number of likely N-dealkylation sites (tertiary alicyclic amines) is 1. The van der Waals surface area contributed by atoms with Crippen LogP contribution in [-0.4, -0.2) is 78.7 Å². The summed E-state index contributed by atoms with van der Waals surface area (Å²) in [5.41, 5.74) is -3.11. The quantitative estimate of drug-likeness (QED) is 0.564. The van der Waals surface area contributed by atoms with Crippen LogP contribution in [0, 0.1) is 11.3 Å². The van der Waals surface area contributed by atoms with Gasteiger partial charge in [-0.25, -0.2) is 9.59 Å². The standard InChI is InChI=1S/C24H46N2O7Si/c1-21(2,3)16-14-24(33-34(11)12,26(15-16)20(30)32-23(7,8)9)17(27)13-18(28)25(10)19(29)31-22(4,5)6/h16-17,27,34H,13-15H2,1-12H3/t16-,17?,24-/m0/s1. The van der Waals surface area contributed by atoms with Crippen molar-refractivity contribution in [2.24, 2.45) is 11.3 Å². The number of imide groups is 1. The highest BCUT2D eigenvalue weighted by molar-refractivity contribution is 6.48. The third-order valence-electron chi connectivity index (χ3n) is 5.61. The second-order valence-corrected chi connectivity index (χ2v) is 14.9. The molecule has 0 aromatic carbocycles. The predicted octanol–water partition coefficient (Wildman–Crippen LogP) is 4.13. The Bertz CT molecular complexity index is 752. The van der Waals surface area contributed by atoms with Gasteiger partial charge < -0.3 is 19.0 Å². The van der Waals surface area contributed by atoms with Crippen molar-refractivity contribution in [2.45, 2.75) is 111 Å². The van der Waals surface area contributed by atoms with Crippen LogP contribution in [-0.2, 0) is 18.7 Å². The van der Waals surface area contributed by atoms with E-state index in [0.717, 1.165) is 4.90 Å². The molecular formula is C24H46N2O7Si. The van der Waals surface area contributed by atoms with Crippen molar-refractivity contribution in [3.63, 3.8) is 0 Å². The van der Waals surface area contributed by atoms with Crippen LogP contribution in [0.15, 0.2) is 0 Å². The van der Waals surface area contributed by atoms with Crippen LogP contribution in [0.25, 0.3) is 0 Å². The molecule has 1 unspecified atom stereocenters. The van der Waals surface area contributed by atoms with Gasteiger partial charge in [0.25, 0.3) is 0 Å². The number of hydrogen-bond donors (Lipinski definition) is 1. The van der Waals surface area contributed by atoms with E-state index in [0.29, 0.717) is 13.0 Å². The van der Waals surface area contributed by atoms with Crippen LogP contribution >= 0.6 is 0 Å². The maximum absolute atomic E-state index is 13.3. The minimum absolute atomic E-state index is 0.00102. The maximum Gasteiger partial charge on any atom is 0.416 e. The molecule has 3 amide bonds. The predicted molar refractivity (Wildman–Crippen MR) is 133 cm³/mol. The monoisotopic (exact) mass is 502 g/mol. The first-order valence-corrected chi connectivity index (χ1v) is 14.7. The molecule has 1 saturated heterocycles. The maximum atomic E-state index is 13.3. The summed E-state index contributed by atoms with van der Waals surface area (Å²) in [7, 11) is -0.494. The second kappa shape index (κ2) is 10.5. The molecule has 0 spiro atoms. The molecule has 198 valence electrons. The topological polar surface area (TPSA) is 106 Å². The van der Waals surface area contributed by atoms with Crippen molar-refractivity contribution < 1.29 is 33.4 Å². The number of rotatable bonds is 5. The lowest BCUT2D eigenvalue weighted by molar-refractivity contribution is -0.154. The molecule has 1 fully saturated rings. The summed E-state index contributed by atoms with van der Waals surface area (Å²) in [4.78, 5) is 40.9. The van der Waals surface area contributed by atoms with Gasteiger partial charge >= 0.3 is 12.2 Å². The summed E-state index contributed by atoms with van der Waals surface area (Å²) in [6.07, 6.45) is -2.82. The van der Waals surface area contributed by atoms with E-state index in [9.17, 15) is 19.5 Å². The van der Waals surface area contributed by atoms with Crippen LogP contribution in [0.1, 0.15) is 75.2 Å². The Balaban J connectivity index is 3.33. The summed E-state index contributed by atoms with van der Waals surface area (Å²) in [5.74, 6) is -0.625. The van der Waals surface area contributed by atoms with E-state index in [1.54, 1.807) is 41.5 Å². The van der Waals surface area contributed by atoms with E-state index < -0.39 is 56.6 Å². The van der Waals surface area contributed by atoms with Gasteiger partial charge in [-0.2, -0.15) is 0 Å². The molecule has 1 heterocycles. The summed E-state index contributed by atoms with van der Waals surface area (Å²) < 4.78 is 17.3. The van der Waals surface area contributed by atoms with Gasteiger partial charge in [0.15, 0.2) is 14.8 Å². The lowest BCUT2D eigenvalue weighted by atomic mass is 9.78. The minimum Gasteiger partial charge on any atom is -0.444 e. The average molecular weight is 503 g/mol. The molecule has 0 aliphatic carbocycles. The molecule has 0 radical (unpaired) electrons. The van der Waals surface area contributed by atoms with Gasteiger partial charge in [-0.3, -0.25) is 14.6 Å². The van der Waals surface area contributed by atoms with Gasteiger partial charge in [0, 0.05) is 20.0 Å². The van der Waals surface area contributed by atoms with Crippen molar-refractivity contribution in [1.29, 1.82) is 0 Å². The molecular weight excluding hydrogens is 456 g/mol. The fourth-order valence-corrected chi connectivity index (χ4v) is 5.03. The summed E-state index contributed by atoms with van der Waals surface area (Å²) >= 11 is 0. The largest absolute Gasteiger partial charge is 0.444 e. The lowest BCUT2D eigenvalue weighted by Crippen LogP contribution is -2.60. The molecule has 9 nitrogen and oxygen atoms in total. The highest BCUT2D eigenvalue weighted by atomic mass is 28.3. The number of carbonyl (C=O) groups is 3. The van der Waals surface area contributed by atoms with Gasteiger partial charge in [0.2, 0.25) is 5.91 Å². The Kier molecular flexibility index (Phi) is 9.41. The third kappa shape index (κ3) is 8.23. The van der Waals surface area contributed by atoms with Crippen LogP contribution in [0.2, 0.25) is 13.1 Å². The van der Waals surface area contributed by atoms with Crippen LogP contribution < -0.4 is 0 Å². The Morgan fingerprint density at radius 1 is 1.03 bits per heavy atom. The molecule has 1 aliphatic heterocycles. The van der Waals surface area contributed by atoms with Crippen molar-refractivity contribution in [3.05, 3.63) is 0 Å². The molecule has 0 aromatic heterocycles. The number of carbonyl (C=O) groups excluding carboxylic acids is 3. The number of aliphatic hydroxyl groups is 1. The molecule has 34 heavy (non-hydrogen) atoms. The third-order valence-corrected chi connectivity index (χ3v) is 6.49. The van der Waals surface area contributed by atoms with Crippen molar-refractivity contribution in [3.8, 4) is 0 Å². The fraction of sp³-hybridized carbons (Fsp3) is 0.875. The van der Waals surface area contributed by atoms with Gasteiger partial charge in [-0.1, -0.05) is 20.8 Å².